The molecular formula is C23H24Cl2N6O6S. The Balaban J connectivity index is 1.81. The van der Waals surface area contributed by atoms with Crippen molar-refractivity contribution in [2.45, 2.75) is 12.1 Å². The Kier molecular flexibility index (Phi) is 8.11. The average Bonchev–Trinajstić information content (AvgIpc) is 3.29. The SMILES string of the molecule is C=CC(=O)N[C@H]1COC[C@H]1Nc1cc2c(NS(C)(=O)=O)nc(-c3c(Cl)c(OC)cc(OC)c3Cl)nc2cn1. The molecule has 0 unspecified atom stereocenters. The van der Waals surface area contributed by atoms with E-state index < -0.39 is 10.0 Å². The highest BCUT2D eigenvalue weighted by molar-refractivity contribution is 7.92. The Morgan fingerprint density at radius 2 is 1.79 bits per heavy atom. The summed E-state index contributed by atoms with van der Waals surface area (Å²) in [5, 5.41) is 6.58. The van der Waals surface area contributed by atoms with Crippen LogP contribution in [-0.4, -0.2) is 75.0 Å². The number of rotatable bonds is 9. The highest BCUT2D eigenvalue weighted by Crippen LogP contribution is 2.45. The molecule has 0 bridgehead atoms. The van der Waals surface area contributed by atoms with Gasteiger partial charge in [-0.25, -0.2) is 23.4 Å². The number of sulfonamides is 1. The van der Waals surface area contributed by atoms with E-state index in [-0.39, 0.29) is 56.7 Å². The Labute approximate surface area is 228 Å². The highest BCUT2D eigenvalue weighted by atomic mass is 35.5. The molecule has 1 aromatic carbocycles. The molecule has 3 N–H and O–H groups in total. The first-order chi connectivity index (χ1) is 18.0. The highest BCUT2D eigenvalue weighted by Gasteiger charge is 2.30. The summed E-state index contributed by atoms with van der Waals surface area (Å²) in [6.45, 7) is 4.09. The van der Waals surface area contributed by atoms with Crippen LogP contribution in [0.5, 0.6) is 11.5 Å². The number of halogens is 2. The Hall–Kier alpha value is -3.39. The van der Waals surface area contributed by atoms with Crippen molar-refractivity contribution in [1.82, 2.24) is 20.3 Å². The number of nitrogens with zero attached hydrogens (tertiary/aromatic N) is 3. The van der Waals surface area contributed by atoms with Crippen molar-refractivity contribution >= 4 is 61.7 Å². The number of nitrogens with one attached hydrogen (secondary N) is 3. The number of benzene rings is 1. The largest absolute Gasteiger partial charge is 0.495 e. The van der Waals surface area contributed by atoms with Crippen molar-refractivity contribution in [3.05, 3.63) is 41.0 Å². The summed E-state index contributed by atoms with van der Waals surface area (Å²) in [4.78, 5) is 25.1. The molecule has 0 radical (unpaired) electrons. The third-order valence-corrected chi connectivity index (χ3v) is 6.90. The van der Waals surface area contributed by atoms with Gasteiger partial charge < -0.3 is 24.8 Å². The number of fused-ring (bicyclic) bond motifs is 1. The van der Waals surface area contributed by atoms with E-state index in [0.717, 1.165) is 6.26 Å². The molecule has 38 heavy (non-hydrogen) atoms. The first-order valence-electron chi connectivity index (χ1n) is 11.1. The number of hydrogen-bond acceptors (Lipinski definition) is 10. The molecule has 15 heteroatoms. The summed E-state index contributed by atoms with van der Waals surface area (Å²) in [6, 6.07) is 2.49. The maximum atomic E-state index is 12.2. The zero-order valence-electron chi connectivity index (χ0n) is 20.5. The van der Waals surface area contributed by atoms with Gasteiger partial charge in [-0.05, 0) is 12.1 Å². The number of methoxy groups -OCH3 is 2. The molecule has 1 fully saturated rings. The fourth-order valence-electron chi connectivity index (χ4n) is 3.83. The molecule has 1 saturated heterocycles. The summed E-state index contributed by atoms with van der Waals surface area (Å²) in [7, 11) is -0.891. The fourth-order valence-corrected chi connectivity index (χ4v) is 5.01. The van der Waals surface area contributed by atoms with Crippen LogP contribution >= 0.6 is 23.2 Å². The second kappa shape index (κ2) is 11.2. The lowest BCUT2D eigenvalue weighted by molar-refractivity contribution is -0.117. The third kappa shape index (κ3) is 5.85. The zero-order valence-corrected chi connectivity index (χ0v) is 22.9. The molecule has 3 aromatic rings. The molecule has 202 valence electrons. The maximum Gasteiger partial charge on any atom is 0.243 e. The Morgan fingerprint density at radius 1 is 1.13 bits per heavy atom. The lowest BCUT2D eigenvalue weighted by Crippen LogP contribution is -2.45. The van der Waals surface area contributed by atoms with Gasteiger partial charge in [0.25, 0.3) is 0 Å². The summed E-state index contributed by atoms with van der Waals surface area (Å²) in [5.41, 5.74) is 0.494. The van der Waals surface area contributed by atoms with Gasteiger partial charge >= 0.3 is 0 Å². The molecule has 0 spiro atoms. The normalized spacial score (nSPS) is 17.2. The topological polar surface area (TPSA) is 154 Å². The van der Waals surface area contributed by atoms with Crippen molar-refractivity contribution in [1.29, 1.82) is 0 Å². The molecule has 12 nitrogen and oxygen atoms in total. The molecule has 1 aliphatic rings. The molecular weight excluding hydrogens is 559 g/mol. The van der Waals surface area contributed by atoms with Gasteiger partial charge in [-0.2, -0.15) is 0 Å². The second-order valence-electron chi connectivity index (χ2n) is 8.25. The lowest BCUT2D eigenvalue weighted by atomic mass is 10.1. The standard InChI is InChI=1S/C23H24Cl2N6O6S/c1-5-18(32)28-14-10-37-9-13(14)27-17-6-11-12(8-26-17)29-23(30-22(11)31-38(4,33)34)19-20(24)15(35-2)7-16(36-3)21(19)25/h5-8,13-14H,1,9-10H2,2-4H3,(H,26,27)(H,28,32)(H,29,30,31)/t13-,14+/m1/s1. The number of aromatic nitrogens is 3. The van der Waals surface area contributed by atoms with Crippen LogP contribution in [0.4, 0.5) is 11.6 Å². The van der Waals surface area contributed by atoms with E-state index in [4.69, 9.17) is 37.4 Å². The van der Waals surface area contributed by atoms with E-state index in [0.29, 0.717) is 29.9 Å². The van der Waals surface area contributed by atoms with Gasteiger partial charge in [0.05, 0.1) is 73.1 Å². The Bertz CT molecular complexity index is 1490. The van der Waals surface area contributed by atoms with Gasteiger partial charge in [0.15, 0.2) is 11.6 Å². The predicted molar refractivity (Wildman–Crippen MR) is 145 cm³/mol. The smallest absolute Gasteiger partial charge is 0.243 e. The van der Waals surface area contributed by atoms with E-state index in [1.807, 2.05) is 0 Å². The van der Waals surface area contributed by atoms with Crippen LogP contribution in [0.2, 0.25) is 10.0 Å². The first-order valence-corrected chi connectivity index (χ1v) is 13.7. The number of carbonyl (C=O) groups is 1. The average molecular weight is 583 g/mol. The predicted octanol–water partition coefficient (Wildman–Crippen LogP) is 2.87. The first kappa shape index (κ1) is 27.6. The van der Waals surface area contributed by atoms with Gasteiger partial charge in [-0.3, -0.25) is 9.52 Å². The van der Waals surface area contributed by atoms with E-state index in [9.17, 15) is 13.2 Å². The molecule has 0 aliphatic carbocycles. The van der Waals surface area contributed by atoms with Gasteiger partial charge in [0.1, 0.15) is 17.3 Å². The summed E-state index contributed by atoms with van der Waals surface area (Å²) in [5.74, 6) is 0.585. The van der Waals surface area contributed by atoms with E-state index in [1.165, 1.54) is 32.6 Å². The number of anilines is 2. The quantitative estimate of drug-likeness (QED) is 0.321. The minimum atomic E-state index is -3.75. The van der Waals surface area contributed by atoms with Crippen LogP contribution in [-0.2, 0) is 19.6 Å². The monoisotopic (exact) mass is 582 g/mol. The summed E-state index contributed by atoms with van der Waals surface area (Å²) >= 11 is 13.1. The molecule has 1 aliphatic heterocycles. The molecule has 2 aromatic heterocycles. The van der Waals surface area contributed by atoms with Crippen molar-refractivity contribution in [3.8, 4) is 22.9 Å². The molecule has 2 atom stereocenters. The molecule has 1 amide bonds. The van der Waals surface area contributed by atoms with Crippen LogP contribution in [0.1, 0.15) is 0 Å². The van der Waals surface area contributed by atoms with Crippen molar-refractivity contribution in [2.75, 3.05) is 43.7 Å². The van der Waals surface area contributed by atoms with E-state index in [1.54, 1.807) is 6.07 Å². The molecule has 3 heterocycles. The minimum Gasteiger partial charge on any atom is -0.495 e. The zero-order chi connectivity index (χ0) is 27.6. The van der Waals surface area contributed by atoms with Gasteiger partial charge in [-0.1, -0.05) is 29.8 Å². The Morgan fingerprint density at radius 3 is 2.39 bits per heavy atom. The molecule has 4 rings (SSSR count). The van der Waals surface area contributed by atoms with E-state index >= 15 is 0 Å². The minimum absolute atomic E-state index is 0.0222. The van der Waals surface area contributed by atoms with Crippen molar-refractivity contribution in [2.24, 2.45) is 0 Å². The molecule has 0 saturated carbocycles. The van der Waals surface area contributed by atoms with Gasteiger partial charge in [0.2, 0.25) is 15.9 Å². The van der Waals surface area contributed by atoms with Crippen LogP contribution in [0.15, 0.2) is 31.0 Å². The number of pyridine rings is 1. The van der Waals surface area contributed by atoms with Gasteiger partial charge in [0, 0.05) is 11.5 Å². The van der Waals surface area contributed by atoms with Crippen LogP contribution < -0.4 is 24.8 Å². The van der Waals surface area contributed by atoms with Crippen LogP contribution in [0.25, 0.3) is 22.3 Å². The number of carbonyl (C=O) groups excluding carboxylic acids is 1. The summed E-state index contributed by atoms with van der Waals surface area (Å²) in [6.07, 6.45) is 3.62. The third-order valence-electron chi connectivity index (χ3n) is 5.59. The number of ether oxygens (including phenoxy) is 3. The van der Waals surface area contributed by atoms with E-state index in [2.05, 4.69) is 36.9 Å². The van der Waals surface area contributed by atoms with Crippen LogP contribution in [0.3, 0.4) is 0 Å². The number of hydrogen-bond donors (Lipinski definition) is 3. The second-order valence-corrected chi connectivity index (χ2v) is 10.8. The van der Waals surface area contributed by atoms with Crippen molar-refractivity contribution < 1.29 is 27.4 Å². The van der Waals surface area contributed by atoms with Crippen LogP contribution in [0, 0.1) is 0 Å². The summed E-state index contributed by atoms with van der Waals surface area (Å²) < 4.78 is 43.0. The fraction of sp³-hybridized carbons (Fsp3) is 0.304. The van der Waals surface area contributed by atoms with Crippen molar-refractivity contribution in [3.63, 3.8) is 0 Å². The lowest BCUT2D eigenvalue weighted by Gasteiger charge is -2.20. The number of amides is 1. The van der Waals surface area contributed by atoms with Gasteiger partial charge in [-0.15, -0.1) is 0 Å². The maximum absolute atomic E-state index is 12.2.